The monoisotopic (exact) mass is 546 g/mol. The summed E-state index contributed by atoms with van der Waals surface area (Å²) in [6.07, 6.45) is 0.723. The van der Waals surface area contributed by atoms with Crippen molar-refractivity contribution in [3.8, 4) is 11.5 Å². The van der Waals surface area contributed by atoms with Gasteiger partial charge in [0.05, 0.1) is 28.4 Å². The van der Waals surface area contributed by atoms with Crippen LogP contribution in [0.4, 0.5) is 5.13 Å². The third-order valence-electron chi connectivity index (χ3n) is 6.64. The molecule has 2 aliphatic rings. The number of Topliss-reactive ketones (excluding diaryl/α,β-unsaturated/α-hetero) is 1. The third-order valence-corrected chi connectivity index (χ3v) is 7.90. The number of hydrogen-bond acceptors (Lipinski definition) is 7. The average molecular weight is 547 g/mol. The van der Waals surface area contributed by atoms with Crippen LogP contribution in [-0.2, 0) is 16.0 Å². The summed E-state index contributed by atoms with van der Waals surface area (Å²) in [5.74, 6) is -0.443. The number of aromatic nitrogens is 1. The standard InChI is InChI=1S/C29H23ClN2O5S/c1-3-36-20-6-4-5-16(13-20)25-24(26(33)17-7-10-22-18(12-17)11-15(2)37-22)27(34)28(35)32(25)29-31-21-9-8-19(30)14-23(21)38-29/h4-10,12-15,25,33H,3,11H2,1-2H3/t15-,25+/m0/s1. The molecule has 3 heterocycles. The molecule has 2 atom stereocenters. The summed E-state index contributed by atoms with van der Waals surface area (Å²) in [5.41, 5.74) is 2.65. The summed E-state index contributed by atoms with van der Waals surface area (Å²) in [5, 5.41) is 12.4. The fraction of sp³-hybridized carbons (Fsp3) is 0.207. The second kappa shape index (κ2) is 9.45. The number of thiazole rings is 1. The zero-order chi connectivity index (χ0) is 26.6. The molecule has 0 saturated carbocycles. The minimum atomic E-state index is -0.908. The van der Waals surface area contributed by atoms with Crippen LogP contribution >= 0.6 is 22.9 Å². The Balaban J connectivity index is 1.54. The van der Waals surface area contributed by atoms with E-state index in [2.05, 4.69) is 4.98 Å². The van der Waals surface area contributed by atoms with Crippen LogP contribution < -0.4 is 14.4 Å². The van der Waals surface area contributed by atoms with Crippen molar-refractivity contribution in [3.63, 3.8) is 0 Å². The minimum absolute atomic E-state index is 0.00662. The van der Waals surface area contributed by atoms with E-state index in [1.165, 1.54) is 16.2 Å². The topological polar surface area (TPSA) is 89.0 Å². The highest BCUT2D eigenvalue weighted by atomic mass is 35.5. The smallest absolute Gasteiger partial charge is 0.301 e. The Morgan fingerprint density at radius 1 is 1.18 bits per heavy atom. The molecule has 4 aromatic rings. The Kier molecular flexibility index (Phi) is 6.08. The molecule has 1 amide bonds. The molecule has 2 aliphatic heterocycles. The summed E-state index contributed by atoms with van der Waals surface area (Å²) in [6, 6.07) is 16.9. The number of ketones is 1. The number of carbonyl (C=O) groups is 2. The molecule has 1 fully saturated rings. The molecular weight excluding hydrogens is 524 g/mol. The van der Waals surface area contributed by atoms with Crippen molar-refractivity contribution in [2.24, 2.45) is 0 Å². The summed E-state index contributed by atoms with van der Waals surface area (Å²) >= 11 is 7.43. The van der Waals surface area contributed by atoms with E-state index in [0.717, 1.165) is 16.0 Å². The van der Waals surface area contributed by atoms with E-state index in [4.69, 9.17) is 21.1 Å². The highest BCUT2D eigenvalue weighted by Crippen LogP contribution is 2.45. The number of halogens is 1. The minimum Gasteiger partial charge on any atom is -0.507 e. The van der Waals surface area contributed by atoms with Crippen molar-refractivity contribution in [1.29, 1.82) is 0 Å². The lowest BCUT2D eigenvalue weighted by Gasteiger charge is -2.23. The van der Waals surface area contributed by atoms with E-state index in [9.17, 15) is 14.7 Å². The van der Waals surface area contributed by atoms with Crippen LogP contribution in [0.15, 0.2) is 66.2 Å². The molecule has 38 heavy (non-hydrogen) atoms. The van der Waals surface area contributed by atoms with E-state index in [0.29, 0.717) is 45.6 Å². The maximum atomic E-state index is 13.5. The molecule has 1 saturated heterocycles. The lowest BCUT2D eigenvalue weighted by Crippen LogP contribution is -2.29. The lowest BCUT2D eigenvalue weighted by atomic mass is 9.94. The van der Waals surface area contributed by atoms with Gasteiger partial charge < -0.3 is 14.6 Å². The Labute approximate surface area is 227 Å². The van der Waals surface area contributed by atoms with Crippen LogP contribution in [0.5, 0.6) is 11.5 Å². The third kappa shape index (κ3) is 4.10. The first-order valence-electron chi connectivity index (χ1n) is 12.2. The molecule has 0 aliphatic carbocycles. The highest BCUT2D eigenvalue weighted by molar-refractivity contribution is 7.22. The van der Waals surface area contributed by atoms with E-state index in [1.807, 2.05) is 26.0 Å². The highest BCUT2D eigenvalue weighted by Gasteiger charge is 2.48. The maximum absolute atomic E-state index is 13.5. The largest absolute Gasteiger partial charge is 0.507 e. The Hall–Kier alpha value is -3.88. The Morgan fingerprint density at radius 3 is 2.84 bits per heavy atom. The number of aliphatic hydroxyl groups excluding tert-OH is 1. The molecule has 0 unspecified atom stereocenters. The zero-order valence-electron chi connectivity index (χ0n) is 20.6. The number of anilines is 1. The van der Waals surface area contributed by atoms with Crippen LogP contribution in [0.3, 0.4) is 0 Å². The van der Waals surface area contributed by atoms with Crippen molar-refractivity contribution < 1.29 is 24.2 Å². The SMILES string of the molecule is CCOc1cccc([C@@H]2C(=C(O)c3ccc4c(c3)C[C@H](C)O4)C(=O)C(=O)N2c2nc3ccc(Cl)cc3s2)c1. The molecule has 1 aromatic heterocycles. The van der Waals surface area contributed by atoms with Gasteiger partial charge in [0.1, 0.15) is 23.4 Å². The van der Waals surface area contributed by atoms with Crippen molar-refractivity contribution in [2.75, 3.05) is 11.5 Å². The summed E-state index contributed by atoms with van der Waals surface area (Å²) in [7, 11) is 0. The van der Waals surface area contributed by atoms with Gasteiger partial charge in [-0.05, 0) is 73.5 Å². The molecular formula is C29H23ClN2O5S. The number of rotatable bonds is 5. The molecule has 7 nitrogen and oxygen atoms in total. The molecule has 9 heteroatoms. The second-order valence-corrected chi connectivity index (χ2v) is 10.7. The number of fused-ring (bicyclic) bond motifs is 2. The number of amides is 1. The van der Waals surface area contributed by atoms with Gasteiger partial charge in [-0.1, -0.05) is 35.1 Å². The van der Waals surface area contributed by atoms with Gasteiger partial charge >= 0.3 is 5.91 Å². The molecule has 192 valence electrons. The molecule has 0 spiro atoms. The first kappa shape index (κ1) is 24.5. The number of benzene rings is 3. The Morgan fingerprint density at radius 2 is 2.03 bits per heavy atom. The van der Waals surface area contributed by atoms with Crippen molar-refractivity contribution in [2.45, 2.75) is 32.4 Å². The fourth-order valence-electron chi connectivity index (χ4n) is 5.00. The number of nitrogens with zero attached hydrogens (tertiary/aromatic N) is 2. The van der Waals surface area contributed by atoms with Gasteiger partial charge in [-0.3, -0.25) is 14.5 Å². The average Bonchev–Trinajstić information content (AvgIpc) is 3.56. The van der Waals surface area contributed by atoms with Crippen molar-refractivity contribution in [1.82, 2.24) is 4.98 Å². The summed E-state index contributed by atoms with van der Waals surface area (Å²) in [4.78, 5) is 33.1. The number of carbonyl (C=O) groups excluding carboxylic acids is 2. The van der Waals surface area contributed by atoms with Crippen molar-refractivity contribution in [3.05, 3.63) is 87.9 Å². The second-order valence-electron chi connectivity index (χ2n) is 9.24. The van der Waals surface area contributed by atoms with Gasteiger partial charge in [-0.2, -0.15) is 0 Å². The van der Waals surface area contributed by atoms with E-state index < -0.39 is 17.7 Å². The summed E-state index contributed by atoms with van der Waals surface area (Å²) in [6.45, 7) is 4.31. The molecule has 1 N–H and O–H groups in total. The molecule has 0 radical (unpaired) electrons. The first-order valence-corrected chi connectivity index (χ1v) is 13.4. The van der Waals surface area contributed by atoms with Crippen LogP contribution in [0, 0.1) is 0 Å². The number of ether oxygens (including phenoxy) is 2. The predicted octanol–water partition coefficient (Wildman–Crippen LogP) is 6.30. The van der Waals surface area contributed by atoms with Gasteiger partial charge in [-0.25, -0.2) is 4.98 Å². The number of hydrogen-bond donors (Lipinski definition) is 1. The van der Waals surface area contributed by atoms with E-state index in [-0.39, 0.29) is 17.4 Å². The quantitative estimate of drug-likeness (QED) is 0.179. The van der Waals surface area contributed by atoms with Gasteiger partial charge in [0, 0.05) is 17.0 Å². The summed E-state index contributed by atoms with van der Waals surface area (Å²) < 4.78 is 12.3. The maximum Gasteiger partial charge on any atom is 0.301 e. The first-order chi connectivity index (χ1) is 18.3. The predicted molar refractivity (Wildman–Crippen MR) is 147 cm³/mol. The van der Waals surface area contributed by atoms with Gasteiger partial charge in [0.15, 0.2) is 5.13 Å². The van der Waals surface area contributed by atoms with Gasteiger partial charge in [-0.15, -0.1) is 0 Å². The van der Waals surface area contributed by atoms with Gasteiger partial charge in [0.2, 0.25) is 0 Å². The van der Waals surface area contributed by atoms with E-state index in [1.54, 1.807) is 48.5 Å². The number of aliphatic hydroxyl groups is 1. The van der Waals surface area contributed by atoms with Crippen LogP contribution in [-0.4, -0.2) is 34.5 Å². The molecule has 6 rings (SSSR count). The Bertz CT molecular complexity index is 1650. The molecule has 0 bridgehead atoms. The van der Waals surface area contributed by atoms with Crippen molar-refractivity contribution >= 4 is 55.7 Å². The normalized spacial score (nSPS) is 20.1. The van der Waals surface area contributed by atoms with Crippen LogP contribution in [0.1, 0.15) is 36.6 Å². The molecule has 3 aromatic carbocycles. The fourth-order valence-corrected chi connectivity index (χ4v) is 6.27. The van der Waals surface area contributed by atoms with Crippen LogP contribution in [0.25, 0.3) is 16.0 Å². The van der Waals surface area contributed by atoms with Gasteiger partial charge in [0.25, 0.3) is 5.78 Å². The zero-order valence-corrected chi connectivity index (χ0v) is 22.2. The van der Waals surface area contributed by atoms with Crippen LogP contribution in [0.2, 0.25) is 5.02 Å². The lowest BCUT2D eigenvalue weighted by molar-refractivity contribution is -0.132. The van der Waals surface area contributed by atoms with E-state index >= 15 is 0 Å².